The van der Waals surface area contributed by atoms with Crippen LogP contribution in [0.3, 0.4) is 0 Å². The lowest BCUT2D eigenvalue weighted by Crippen LogP contribution is -2.17. The number of nitrogens with zero attached hydrogens (tertiary/aromatic N) is 3. The van der Waals surface area contributed by atoms with E-state index in [1.807, 2.05) is 24.3 Å². The topological polar surface area (TPSA) is 69.0 Å². The second-order valence-corrected chi connectivity index (χ2v) is 5.19. The van der Waals surface area contributed by atoms with Crippen LogP contribution in [0.2, 0.25) is 0 Å². The first-order valence-electron chi connectivity index (χ1n) is 6.79. The molecule has 0 saturated heterocycles. The standard InChI is InChI=1S/C14H16N4O2S/c19-13(5-8-21)15-11-3-1-10(2-4-11)14-17-16-12-9-20-7-6-18(12)14/h1-4,21H,5-9H2,(H,15,19). The van der Waals surface area contributed by atoms with Crippen molar-refractivity contribution in [3.63, 3.8) is 0 Å². The van der Waals surface area contributed by atoms with Crippen LogP contribution in [0.5, 0.6) is 0 Å². The Kier molecular flexibility index (Phi) is 4.21. The number of aromatic nitrogens is 3. The largest absolute Gasteiger partial charge is 0.372 e. The highest BCUT2D eigenvalue weighted by molar-refractivity contribution is 7.80. The molecule has 0 atom stereocenters. The van der Waals surface area contributed by atoms with E-state index in [0.717, 1.165) is 29.4 Å². The highest BCUT2D eigenvalue weighted by atomic mass is 32.1. The number of hydrogen-bond acceptors (Lipinski definition) is 5. The molecule has 1 aliphatic heterocycles. The third kappa shape index (κ3) is 3.08. The minimum absolute atomic E-state index is 0.0326. The Balaban J connectivity index is 1.78. The van der Waals surface area contributed by atoms with Crippen LogP contribution in [0.15, 0.2) is 24.3 Å². The van der Waals surface area contributed by atoms with Crippen molar-refractivity contribution in [1.82, 2.24) is 14.8 Å². The predicted octanol–water partition coefficient (Wildman–Crippen LogP) is 1.73. The smallest absolute Gasteiger partial charge is 0.225 e. The first-order valence-corrected chi connectivity index (χ1v) is 7.42. The molecule has 0 fully saturated rings. The molecule has 0 bridgehead atoms. The van der Waals surface area contributed by atoms with Crippen LogP contribution in [0.4, 0.5) is 5.69 Å². The number of nitrogens with one attached hydrogen (secondary N) is 1. The quantitative estimate of drug-likeness (QED) is 0.844. The maximum Gasteiger partial charge on any atom is 0.225 e. The molecule has 0 aliphatic carbocycles. The summed E-state index contributed by atoms with van der Waals surface area (Å²) in [6.07, 6.45) is 0.405. The van der Waals surface area contributed by atoms with Crippen LogP contribution in [-0.2, 0) is 22.7 Å². The molecule has 2 heterocycles. The Hall–Kier alpha value is -1.86. The minimum atomic E-state index is -0.0326. The zero-order valence-electron chi connectivity index (χ0n) is 11.5. The molecule has 1 aliphatic rings. The fourth-order valence-corrected chi connectivity index (χ4v) is 2.44. The summed E-state index contributed by atoms with van der Waals surface area (Å²) in [5.74, 6) is 2.19. The van der Waals surface area contributed by atoms with Crippen LogP contribution in [0.1, 0.15) is 12.2 Å². The third-order valence-electron chi connectivity index (χ3n) is 3.28. The average molecular weight is 304 g/mol. The van der Waals surface area contributed by atoms with Gasteiger partial charge in [0, 0.05) is 24.2 Å². The predicted molar refractivity (Wildman–Crippen MR) is 82.2 cm³/mol. The maximum atomic E-state index is 11.5. The second kappa shape index (κ2) is 6.28. The number of hydrogen-bond donors (Lipinski definition) is 2. The van der Waals surface area contributed by atoms with Crippen molar-refractivity contribution in [2.45, 2.75) is 19.6 Å². The molecule has 2 aromatic rings. The highest BCUT2D eigenvalue weighted by Gasteiger charge is 2.17. The van der Waals surface area contributed by atoms with E-state index in [9.17, 15) is 4.79 Å². The summed E-state index contributed by atoms with van der Waals surface area (Å²) >= 11 is 4.04. The Bertz CT molecular complexity index is 639. The lowest BCUT2D eigenvalue weighted by molar-refractivity contribution is -0.115. The van der Waals surface area contributed by atoms with Gasteiger partial charge in [0.15, 0.2) is 11.6 Å². The van der Waals surface area contributed by atoms with Crippen LogP contribution >= 0.6 is 12.6 Å². The van der Waals surface area contributed by atoms with E-state index in [1.165, 1.54) is 0 Å². The molecule has 1 aromatic heterocycles. The highest BCUT2D eigenvalue weighted by Crippen LogP contribution is 2.22. The van der Waals surface area contributed by atoms with Crippen LogP contribution in [0.25, 0.3) is 11.4 Å². The molecule has 0 unspecified atom stereocenters. The molecule has 6 nitrogen and oxygen atoms in total. The summed E-state index contributed by atoms with van der Waals surface area (Å²) < 4.78 is 7.42. The van der Waals surface area contributed by atoms with Gasteiger partial charge in [-0.25, -0.2) is 0 Å². The van der Waals surface area contributed by atoms with Crippen molar-refractivity contribution in [2.75, 3.05) is 17.7 Å². The molecule has 21 heavy (non-hydrogen) atoms. The van der Waals surface area contributed by atoms with Crippen LogP contribution < -0.4 is 5.32 Å². The lowest BCUT2D eigenvalue weighted by atomic mass is 10.2. The number of rotatable bonds is 4. The number of carbonyl (C=O) groups is 1. The van der Waals surface area contributed by atoms with Crippen molar-refractivity contribution in [1.29, 1.82) is 0 Å². The van der Waals surface area contributed by atoms with Crippen molar-refractivity contribution < 1.29 is 9.53 Å². The lowest BCUT2D eigenvalue weighted by Gasteiger charge is -2.15. The van der Waals surface area contributed by atoms with Gasteiger partial charge in [0.25, 0.3) is 0 Å². The summed E-state index contributed by atoms with van der Waals surface area (Å²) in [5.41, 5.74) is 1.75. The van der Waals surface area contributed by atoms with Gasteiger partial charge >= 0.3 is 0 Å². The Morgan fingerprint density at radius 1 is 1.33 bits per heavy atom. The van der Waals surface area contributed by atoms with E-state index in [1.54, 1.807) is 0 Å². The molecule has 1 N–H and O–H groups in total. The normalized spacial score (nSPS) is 13.8. The summed E-state index contributed by atoms with van der Waals surface area (Å²) in [6, 6.07) is 7.60. The van der Waals surface area contributed by atoms with Crippen LogP contribution in [0, 0.1) is 0 Å². The molecular formula is C14H16N4O2S. The molecular weight excluding hydrogens is 288 g/mol. The van der Waals surface area contributed by atoms with Crippen molar-refractivity contribution in [2.24, 2.45) is 0 Å². The van der Waals surface area contributed by atoms with E-state index in [2.05, 4.69) is 32.7 Å². The first kappa shape index (κ1) is 14.1. The maximum absolute atomic E-state index is 11.5. The monoisotopic (exact) mass is 304 g/mol. The third-order valence-corrected chi connectivity index (χ3v) is 3.51. The van der Waals surface area contributed by atoms with Gasteiger partial charge in [-0.1, -0.05) is 0 Å². The number of carbonyl (C=O) groups excluding carboxylic acids is 1. The molecule has 1 amide bonds. The zero-order valence-corrected chi connectivity index (χ0v) is 12.3. The van der Waals surface area contributed by atoms with Gasteiger partial charge < -0.3 is 14.6 Å². The molecule has 3 rings (SSSR count). The molecule has 110 valence electrons. The van der Waals surface area contributed by atoms with E-state index in [4.69, 9.17) is 4.74 Å². The number of amides is 1. The average Bonchev–Trinajstić information content (AvgIpc) is 2.92. The number of ether oxygens (including phenoxy) is 1. The minimum Gasteiger partial charge on any atom is -0.372 e. The van der Waals surface area contributed by atoms with E-state index in [0.29, 0.717) is 25.4 Å². The molecule has 0 radical (unpaired) electrons. The zero-order chi connectivity index (χ0) is 14.7. The van der Waals surface area contributed by atoms with E-state index in [-0.39, 0.29) is 5.91 Å². The van der Waals surface area contributed by atoms with E-state index < -0.39 is 0 Å². The fourth-order valence-electron chi connectivity index (χ4n) is 2.24. The number of anilines is 1. The number of benzene rings is 1. The van der Waals surface area contributed by atoms with Gasteiger partial charge in [-0.05, 0) is 30.0 Å². The summed E-state index contributed by atoms with van der Waals surface area (Å²) in [4.78, 5) is 11.5. The Morgan fingerprint density at radius 3 is 2.90 bits per heavy atom. The van der Waals surface area contributed by atoms with Gasteiger partial charge in [-0.2, -0.15) is 12.6 Å². The Labute approximate surface area is 127 Å². The second-order valence-electron chi connectivity index (χ2n) is 4.74. The van der Waals surface area contributed by atoms with Crippen LogP contribution in [-0.4, -0.2) is 33.0 Å². The fraction of sp³-hybridized carbons (Fsp3) is 0.357. The van der Waals surface area contributed by atoms with Gasteiger partial charge in [-0.3, -0.25) is 4.79 Å². The Morgan fingerprint density at radius 2 is 2.14 bits per heavy atom. The summed E-state index contributed by atoms with van der Waals surface area (Å²) in [7, 11) is 0. The summed E-state index contributed by atoms with van der Waals surface area (Å²) in [6.45, 7) is 1.94. The number of thiol groups is 1. The SMILES string of the molecule is O=C(CCS)Nc1ccc(-c2nnc3n2CCOC3)cc1. The molecule has 0 saturated carbocycles. The summed E-state index contributed by atoms with van der Waals surface area (Å²) in [5, 5.41) is 11.2. The van der Waals surface area contributed by atoms with Gasteiger partial charge in [0.2, 0.25) is 5.91 Å². The van der Waals surface area contributed by atoms with Crippen molar-refractivity contribution in [3.8, 4) is 11.4 Å². The van der Waals surface area contributed by atoms with Gasteiger partial charge in [0.1, 0.15) is 6.61 Å². The number of fused-ring (bicyclic) bond motifs is 1. The first-order chi connectivity index (χ1) is 10.3. The molecule has 1 aromatic carbocycles. The van der Waals surface area contributed by atoms with Crippen molar-refractivity contribution >= 4 is 24.2 Å². The van der Waals surface area contributed by atoms with Gasteiger partial charge in [0.05, 0.1) is 6.61 Å². The van der Waals surface area contributed by atoms with Crippen molar-refractivity contribution in [3.05, 3.63) is 30.1 Å². The van der Waals surface area contributed by atoms with Gasteiger partial charge in [-0.15, -0.1) is 10.2 Å². The molecule has 7 heteroatoms. The molecule has 0 spiro atoms. The van der Waals surface area contributed by atoms with E-state index >= 15 is 0 Å².